The predicted molar refractivity (Wildman–Crippen MR) is 97.2 cm³/mol. The third-order valence-electron chi connectivity index (χ3n) is 4.19. The van der Waals surface area contributed by atoms with Crippen LogP contribution >= 0.6 is 0 Å². The first-order chi connectivity index (χ1) is 13.5. The standard InChI is InChI=1S/C18H19F2N5O3/c1-2-28-18(27)25-7-5-24(6-8-25)16-10-15(21-11-22-16)17(26)23-14-4-3-12(19)9-13(14)20/h3-4,9-11H,2,5-8H2,1H3,(H,23,26). The molecule has 2 aromatic rings. The number of halogens is 2. The van der Waals surface area contributed by atoms with E-state index in [1.165, 1.54) is 12.4 Å². The van der Waals surface area contributed by atoms with Crippen molar-refractivity contribution in [2.45, 2.75) is 6.92 Å². The summed E-state index contributed by atoms with van der Waals surface area (Å²) >= 11 is 0. The molecule has 8 nitrogen and oxygen atoms in total. The minimum atomic E-state index is -0.877. The molecule has 1 aromatic heterocycles. The van der Waals surface area contributed by atoms with Crippen LogP contribution in [0.5, 0.6) is 0 Å². The van der Waals surface area contributed by atoms with Crippen molar-refractivity contribution < 1.29 is 23.1 Å². The first-order valence-corrected chi connectivity index (χ1v) is 8.73. The van der Waals surface area contributed by atoms with Crippen LogP contribution in [0.4, 0.5) is 25.1 Å². The topological polar surface area (TPSA) is 87.7 Å². The molecule has 28 heavy (non-hydrogen) atoms. The van der Waals surface area contributed by atoms with Gasteiger partial charge >= 0.3 is 6.09 Å². The van der Waals surface area contributed by atoms with E-state index in [0.29, 0.717) is 44.7 Å². The maximum absolute atomic E-state index is 13.7. The van der Waals surface area contributed by atoms with Crippen LogP contribution in [0.1, 0.15) is 17.4 Å². The Labute approximate surface area is 160 Å². The number of ether oxygens (including phenoxy) is 1. The lowest BCUT2D eigenvalue weighted by Gasteiger charge is -2.34. The number of piperazine rings is 1. The Morgan fingerprint density at radius 2 is 1.89 bits per heavy atom. The Bertz CT molecular complexity index is 872. The third-order valence-corrected chi connectivity index (χ3v) is 4.19. The normalized spacial score (nSPS) is 14.0. The molecule has 1 aliphatic heterocycles. The van der Waals surface area contributed by atoms with E-state index in [-0.39, 0.29) is 17.5 Å². The zero-order chi connectivity index (χ0) is 20.1. The zero-order valence-corrected chi connectivity index (χ0v) is 15.2. The molecular formula is C18H19F2N5O3. The molecule has 2 amide bonds. The first-order valence-electron chi connectivity index (χ1n) is 8.73. The Balaban J connectivity index is 1.65. The molecule has 1 aromatic carbocycles. The van der Waals surface area contributed by atoms with Gasteiger partial charge in [-0.1, -0.05) is 0 Å². The SMILES string of the molecule is CCOC(=O)N1CCN(c2cc(C(=O)Nc3ccc(F)cc3F)ncn2)CC1. The van der Waals surface area contributed by atoms with Crippen LogP contribution in [-0.4, -0.2) is 59.7 Å². The van der Waals surface area contributed by atoms with E-state index in [2.05, 4.69) is 15.3 Å². The van der Waals surface area contributed by atoms with Crippen LogP contribution in [0.3, 0.4) is 0 Å². The third kappa shape index (κ3) is 4.51. The molecule has 1 N–H and O–H groups in total. The number of carbonyl (C=O) groups excluding carboxylic acids is 2. The molecule has 148 valence electrons. The number of carbonyl (C=O) groups is 2. The van der Waals surface area contributed by atoms with Gasteiger partial charge in [-0.05, 0) is 19.1 Å². The highest BCUT2D eigenvalue weighted by Crippen LogP contribution is 2.18. The summed E-state index contributed by atoms with van der Waals surface area (Å²) in [6, 6.07) is 4.35. The number of amides is 2. The molecule has 1 fully saturated rings. The Morgan fingerprint density at radius 3 is 2.57 bits per heavy atom. The van der Waals surface area contributed by atoms with Crippen LogP contribution in [0.15, 0.2) is 30.6 Å². The van der Waals surface area contributed by atoms with E-state index >= 15 is 0 Å². The molecule has 0 bridgehead atoms. The maximum atomic E-state index is 13.7. The maximum Gasteiger partial charge on any atom is 0.409 e. The van der Waals surface area contributed by atoms with Gasteiger partial charge in [-0.3, -0.25) is 4.79 Å². The van der Waals surface area contributed by atoms with Gasteiger partial charge in [-0.2, -0.15) is 0 Å². The summed E-state index contributed by atoms with van der Waals surface area (Å²) in [6.07, 6.45) is 0.884. The molecule has 0 atom stereocenters. The minimum Gasteiger partial charge on any atom is -0.450 e. The lowest BCUT2D eigenvalue weighted by atomic mass is 10.2. The monoisotopic (exact) mass is 391 g/mol. The number of benzene rings is 1. The molecule has 0 radical (unpaired) electrons. The van der Waals surface area contributed by atoms with Gasteiger partial charge in [0, 0.05) is 38.3 Å². The number of rotatable bonds is 4. The van der Waals surface area contributed by atoms with E-state index < -0.39 is 17.5 Å². The highest BCUT2D eigenvalue weighted by molar-refractivity contribution is 6.03. The highest BCUT2D eigenvalue weighted by atomic mass is 19.1. The molecule has 1 saturated heterocycles. The van der Waals surface area contributed by atoms with Crippen LogP contribution in [0, 0.1) is 11.6 Å². The largest absolute Gasteiger partial charge is 0.450 e. The second-order valence-corrected chi connectivity index (χ2v) is 6.01. The smallest absolute Gasteiger partial charge is 0.409 e. The van der Waals surface area contributed by atoms with Gasteiger partial charge in [-0.15, -0.1) is 0 Å². The summed E-state index contributed by atoms with van der Waals surface area (Å²) in [5, 5.41) is 2.36. The Morgan fingerprint density at radius 1 is 1.14 bits per heavy atom. The molecule has 0 aliphatic carbocycles. The Kier molecular flexibility index (Phi) is 5.97. The lowest BCUT2D eigenvalue weighted by Crippen LogP contribution is -2.49. The summed E-state index contributed by atoms with van der Waals surface area (Å²) in [4.78, 5) is 35.7. The first kappa shape index (κ1) is 19.5. The van der Waals surface area contributed by atoms with Crippen molar-refractivity contribution in [2.75, 3.05) is 43.0 Å². The number of aromatic nitrogens is 2. The van der Waals surface area contributed by atoms with Crippen LogP contribution in [-0.2, 0) is 4.74 Å². The number of hydrogen-bond acceptors (Lipinski definition) is 6. The Hall–Kier alpha value is -3.30. The van der Waals surface area contributed by atoms with E-state index in [1.807, 2.05) is 4.90 Å². The molecule has 1 aliphatic rings. The number of hydrogen-bond donors (Lipinski definition) is 1. The molecule has 10 heteroatoms. The average Bonchev–Trinajstić information content (AvgIpc) is 2.70. The van der Waals surface area contributed by atoms with Crippen molar-refractivity contribution >= 4 is 23.5 Å². The van der Waals surface area contributed by atoms with Crippen molar-refractivity contribution in [1.82, 2.24) is 14.9 Å². The minimum absolute atomic E-state index is 0.0431. The number of nitrogens with zero attached hydrogens (tertiary/aromatic N) is 4. The second-order valence-electron chi connectivity index (χ2n) is 6.01. The van der Waals surface area contributed by atoms with Crippen molar-refractivity contribution in [3.8, 4) is 0 Å². The highest BCUT2D eigenvalue weighted by Gasteiger charge is 2.23. The van der Waals surface area contributed by atoms with Crippen LogP contribution in [0.25, 0.3) is 0 Å². The molecule has 0 unspecified atom stereocenters. The van der Waals surface area contributed by atoms with Gasteiger partial charge in [0.05, 0.1) is 12.3 Å². The van der Waals surface area contributed by atoms with Crippen molar-refractivity contribution in [1.29, 1.82) is 0 Å². The molecule has 0 saturated carbocycles. The van der Waals surface area contributed by atoms with E-state index in [9.17, 15) is 18.4 Å². The van der Waals surface area contributed by atoms with Gasteiger partial charge in [0.2, 0.25) is 0 Å². The van der Waals surface area contributed by atoms with Crippen molar-refractivity contribution in [3.63, 3.8) is 0 Å². The molecular weight excluding hydrogens is 372 g/mol. The van der Waals surface area contributed by atoms with E-state index in [1.54, 1.807) is 11.8 Å². The summed E-state index contributed by atoms with van der Waals surface area (Å²) < 4.78 is 31.7. The van der Waals surface area contributed by atoms with Crippen molar-refractivity contribution in [2.24, 2.45) is 0 Å². The van der Waals surface area contributed by atoms with Gasteiger partial charge in [0.1, 0.15) is 29.5 Å². The quantitative estimate of drug-likeness (QED) is 0.861. The fourth-order valence-corrected chi connectivity index (χ4v) is 2.75. The zero-order valence-electron chi connectivity index (χ0n) is 15.2. The summed E-state index contributed by atoms with van der Waals surface area (Å²) in [7, 11) is 0. The summed E-state index contributed by atoms with van der Waals surface area (Å²) in [5.74, 6) is -1.73. The lowest BCUT2D eigenvalue weighted by molar-refractivity contribution is 0.102. The van der Waals surface area contributed by atoms with Crippen LogP contribution in [0.2, 0.25) is 0 Å². The molecule has 3 rings (SSSR count). The predicted octanol–water partition coefficient (Wildman–Crippen LogP) is 2.29. The van der Waals surface area contributed by atoms with E-state index in [0.717, 1.165) is 12.1 Å². The summed E-state index contributed by atoms with van der Waals surface area (Å²) in [5.41, 5.74) is -0.101. The number of nitrogens with one attached hydrogen (secondary N) is 1. The number of anilines is 2. The van der Waals surface area contributed by atoms with Gasteiger partial charge in [-0.25, -0.2) is 23.5 Å². The van der Waals surface area contributed by atoms with Gasteiger partial charge in [0.15, 0.2) is 0 Å². The average molecular weight is 391 g/mol. The summed E-state index contributed by atoms with van der Waals surface area (Å²) in [6.45, 7) is 4.03. The fraction of sp³-hybridized carbons (Fsp3) is 0.333. The molecule has 0 spiro atoms. The van der Waals surface area contributed by atoms with Crippen molar-refractivity contribution in [3.05, 3.63) is 47.9 Å². The molecule has 2 heterocycles. The second kappa shape index (κ2) is 8.59. The van der Waals surface area contributed by atoms with Crippen LogP contribution < -0.4 is 10.2 Å². The fourth-order valence-electron chi connectivity index (χ4n) is 2.75. The van der Waals surface area contributed by atoms with E-state index in [4.69, 9.17) is 4.74 Å². The van der Waals surface area contributed by atoms with Gasteiger partial charge in [0.25, 0.3) is 5.91 Å². The van der Waals surface area contributed by atoms with Gasteiger partial charge < -0.3 is 19.9 Å².